The Kier molecular flexibility index (Phi) is 7.78. The molecule has 5 rings (SSSR count). The molecule has 11 nitrogen and oxygen atoms in total. The first-order valence-corrected chi connectivity index (χ1v) is 13.3. The summed E-state index contributed by atoms with van der Waals surface area (Å²) in [5, 5.41) is 12.0. The molecule has 1 fully saturated rings. The van der Waals surface area contributed by atoms with Crippen LogP contribution in [0.5, 0.6) is 0 Å². The molecule has 4 heterocycles. The van der Waals surface area contributed by atoms with Crippen LogP contribution in [0.2, 0.25) is 5.02 Å². The summed E-state index contributed by atoms with van der Waals surface area (Å²) >= 11 is 6.08. The number of likely N-dealkylation sites (N-methyl/N-ethyl adjacent to an activating group) is 1. The van der Waals surface area contributed by atoms with Gasteiger partial charge in [0.2, 0.25) is 11.8 Å². The molecular weight excluding hydrogens is 522 g/mol. The molecule has 0 spiro atoms. The number of halogens is 1. The van der Waals surface area contributed by atoms with Gasteiger partial charge in [0, 0.05) is 63.2 Å². The van der Waals surface area contributed by atoms with Crippen LogP contribution < -0.4 is 10.9 Å². The summed E-state index contributed by atoms with van der Waals surface area (Å²) in [7, 11) is 1.60. The van der Waals surface area contributed by atoms with Crippen molar-refractivity contribution < 1.29 is 14.4 Å². The monoisotopic (exact) mass is 551 g/mol. The number of fused-ring (bicyclic) bond motifs is 6. The lowest BCUT2D eigenvalue weighted by Crippen LogP contribution is -2.39. The van der Waals surface area contributed by atoms with E-state index in [4.69, 9.17) is 11.6 Å². The molecule has 2 atom stereocenters. The maximum Gasteiger partial charge on any atom is 0.263 e. The summed E-state index contributed by atoms with van der Waals surface area (Å²) in [6.07, 6.45) is 4.45. The van der Waals surface area contributed by atoms with Gasteiger partial charge in [-0.15, -0.1) is 5.10 Å². The van der Waals surface area contributed by atoms with E-state index < -0.39 is 11.5 Å². The van der Waals surface area contributed by atoms with Gasteiger partial charge in [0.25, 0.3) is 11.5 Å². The van der Waals surface area contributed by atoms with Crippen LogP contribution in [0, 0.1) is 5.92 Å². The summed E-state index contributed by atoms with van der Waals surface area (Å²) in [4.78, 5) is 55.1. The molecule has 4 bridgehead atoms. The number of benzene rings is 1. The van der Waals surface area contributed by atoms with Crippen molar-refractivity contribution in [3.05, 3.63) is 81.0 Å². The zero-order valence-corrected chi connectivity index (χ0v) is 22.4. The molecule has 2 aromatic heterocycles. The smallest absolute Gasteiger partial charge is 0.263 e. The maximum atomic E-state index is 13.2. The molecule has 204 valence electrons. The summed E-state index contributed by atoms with van der Waals surface area (Å²) in [5.74, 6) is -0.763. The molecule has 2 aliphatic rings. The first-order chi connectivity index (χ1) is 18.8. The molecule has 2 aliphatic heterocycles. The van der Waals surface area contributed by atoms with Crippen LogP contribution in [0.25, 0.3) is 0 Å². The molecule has 0 unspecified atom stereocenters. The normalized spacial score (nSPS) is 20.1. The quantitative estimate of drug-likeness (QED) is 0.524. The predicted octanol–water partition coefficient (Wildman–Crippen LogP) is 1.37. The van der Waals surface area contributed by atoms with Gasteiger partial charge in [0.1, 0.15) is 11.3 Å². The Hall–Kier alpha value is -3.99. The van der Waals surface area contributed by atoms with E-state index in [2.05, 4.69) is 15.6 Å². The molecule has 1 N–H and O–H groups in total. The van der Waals surface area contributed by atoms with E-state index in [1.807, 2.05) is 18.2 Å². The fraction of sp³-hybridized carbons (Fsp3) is 0.407. The molecular formula is C27H30ClN7O4. The molecule has 0 saturated carbocycles. The predicted molar refractivity (Wildman–Crippen MR) is 143 cm³/mol. The first kappa shape index (κ1) is 26.6. The van der Waals surface area contributed by atoms with E-state index in [-0.39, 0.29) is 55.4 Å². The van der Waals surface area contributed by atoms with Crippen LogP contribution in [0.3, 0.4) is 0 Å². The molecule has 3 amide bonds. The van der Waals surface area contributed by atoms with Gasteiger partial charge >= 0.3 is 0 Å². The number of nitrogens with zero attached hydrogens (tertiary/aromatic N) is 6. The number of carbonyl (C=O) groups excluding carboxylic acids is 3. The number of pyridine rings is 1. The Morgan fingerprint density at radius 1 is 1.15 bits per heavy atom. The SMILES string of the molecule is CN1CCNC(=O)C[C@H]2CN(C(=O)CCc3cccc(Cl)c3)C[C@H]2n2cc(nn2)Cn2cccc(c2=O)C1=O. The minimum atomic E-state index is -0.421. The number of amides is 3. The average molecular weight is 552 g/mol. The highest BCUT2D eigenvalue weighted by Crippen LogP contribution is 2.31. The lowest BCUT2D eigenvalue weighted by atomic mass is 9.99. The van der Waals surface area contributed by atoms with Crippen LogP contribution in [-0.4, -0.2) is 80.3 Å². The summed E-state index contributed by atoms with van der Waals surface area (Å²) in [6.45, 7) is 1.46. The summed E-state index contributed by atoms with van der Waals surface area (Å²) in [6, 6.07) is 10.4. The highest BCUT2D eigenvalue weighted by Gasteiger charge is 2.38. The van der Waals surface area contributed by atoms with Gasteiger partial charge < -0.3 is 19.7 Å². The number of likely N-dealkylation sites (tertiary alicyclic amines) is 1. The van der Waals surface area contributed by atoms with Gasteiger partial charge in [-0.2, -0.15) is 0 Å². The molecule has 1 aromatic carbocycles. The van der Waals surface area contributed by atoms with Crippen LogP contribution in [0.15, 0.2) is 53.6 Å². The minimum Gasteiger partial charge on any atom is -0.354 e. The Bertz CT molecular complexity index is 1450. The summed E-state index contributed by atoms with van der Waals surface area (Å²) < 4.78 is 3.12. The number of nitrogens with one attached hydrogen (secondary N) is 1. The zero-order valence-electron chi connectivity index (χ0n) is 21.6. The zero-order chi connectivity index (χ0) is 27.5. The number of hydrogen-bond donors (Lipinski definition) is 1. The Balaban J connectivity index is 1.37. The van der Waals surface area contributed by atoms with Crippen LogP contribution >= 0.6 is 11.6 Å². The second-order valence-corrected chi connectivity index (χ2v) is 10.5. The van der Waals surface area contributed by atoms with E-state index in [1.165, 1.54) is 15.5 Å². The second-order valence-electron chi connectivity index (χ2n) is 10.1. The van der Waals surface area contributed by atoms with Crippen molar-refractivity contribution in [3.8, 4) is 0 Å². The van der Waals surface area contributed by atoms with Gasteiger partial charge in [-0.3, -0.25) is 19.2 Å². The van der Waals surface area contributed by atoms with Crippen molar-refractivity contribution in [2.24, 2.45) is 5.92 Å². The van der Waals surface area contributed by atoms with E-state index >= 15 is 0 Å². The van der Waals surface area contributed by atoms with Crippen molar-refractivity contribution in [1.29, 1.82) is 0 Å². The maximum absolute atomic E-state index is 13.2. The Morgan fingerprint density at radius 3 is 2.82 bits per heavy atom. The standard InChI is InChI=1S/C27H30ClN7O4/c1-32-11-9-29-24(36)13-19-14-34(25(37)8-7-18-4-2-5-20(28)12-18)17-23(19)35-16-21(30-31-35)15-33-10-3-6-22(26(32)38)27(33)39/h2-6,10,12,16,19,23H,7-9,11,13-15,17H2,1H3,(H,29,36)/t19-,23+/m0/s1. The van der Waals surface area contributed by atoms with Gasteiger partial charge in [-0.05, 0) is 36.2 Å². The van der Waals surface area contributed by atoms with E-state index in [0.717, 1.165) is 5.56 Å². The lowest BCUT2D eigenvalue weighted by Gasteiger charge is -2.20. The molecule has 0 radical (unpaired) electrons. The lowest BCUT2D eigenvalue weighted by molar-refractivity contribution is -0.130. The Morgan fingerprint density at radius 2 is 2.00 bits per heavy atom. The molecule has 39 heavy (non-hydrogen) atoms. The van der Waals surface area contributed by atoms with Crippen LogP contribution in [-0.2, 0) is 22.6 Å². The highest BCUT2D eigenvalue weighted by molar-refractivity contribution is 6.30. The van der Waals surface area contributed by atoms with Crippen LogP contribution in [0.4, 0.5) is 0 Å². The molecule has 0 aliphatic carbocycles. The third kappa shape index (κ3) is 6.03. The molecule has 12 heteroatoms. The van der Waals surface area contributed by atoms with Crippen molar-refractivity contribution in [2.45, 2.75) is 31.8 Å². The van der Waals surface area contributed by atoms with Gasteiger partial charge in [-0.1, -0.05) is 28.9 Å². The number of hydrogen-bond acceptors (Lipinski definition) is 6. The molecule has 3 aromatic rings. The van der Waals surface area contributed by atoms with Crippen molar-refractivity contribution in [1.82, 2.24) is 34.7 Å². The third-order valence-electron chi connectivity index (χ3n) is 7.32. The third-order valence-corrected chi connectivity index (χ3v) is 7.55. The van der Waals surface area contributed by atoms with Gasteiger partial charge in [0.05, 0.1) is 18.8 Å². The van der Waals surface area contributed by atoms with E-state index in [0.29, 0.717) is 36.6 Å². The fourth-order valence-electron chi connectivity index (χ4n) is 5.19. The van der Waals surface area contributed by atoms with Crippen molar-refractivity contribution in [3.63, 3.8) is 0 Å². The highest BCUT2D eigenvalue weighted by atomic mass is 35.5. The van der Waals surface area contributed by atoms with E-state index in [1.54, 1.807) is 41.2 Å². The van der Waals surface area contributed by atoms with E-state index in [9.17, 15) is 19.2 Å². The second kappa shape index (κ2) is 11.4. The number of aromatic nitrogens is 4. The number of carbonyl (C=O) groups is 3. The fourth-order valence-corrected chi connectivity index (χ4v) is 5.40. The summed E-state index contributed by atoms with van der Waals surface area (Å²) in [5.41, 5.74) is 1.16. The average Bonchev–Trinajstić information content (AvgIpc) is 3.54. The number of rotatable bonds is 3. The first-order valence-electron chi connectivity index (χ1n) is 12.9. The Labute approximate surface area is 230 Å². The topological polar surface area (TPSA) is 122 Å². The number of aryl methyl sites for hydroxylation is 1. The molecule has 1 saturated heterocycles. The van der Waals surface area contributed by atoms with Gasteiger partial charge in [-0.25, -0.2) is 4.68 Å². The van der Waals surface area contributed by atoms with Crippen molar-refractivity contribution in [2.75, 3.05) is 33.2 Å². The van der Waals surface area contributed by atoms with Crippen LogP contribution in [0.1, 0.15) is 40.5 Å². The van der Waals surface area contributed by atoms with Gasteiger partial charge in [0.15, 0.2) is 0 Å². The largest absolute Gasteiger partial charge is 0.354 e. The van der Waals surface area contributed by atoms with Crippen molar-refractivity contribution >= 4 is 29.3 Å². The minimum absolute atomic E-state index is 0.00221.